The third-order valence-corrected chi connectivity index (χ3v) is 3.38. The molecule has 0 radical (unpaired) electrons. The molecule has 0 spiro atoms. The Bertz CT molecular complexity index is 830. The van der Waals surface area contributed by atoms with Crippen LogP contribution >= 0.6 is 0 Å². The molecule has 2 aromatic heterocycles. The lowest BCUT2D eigenvalue weighted by Gasteiger charge is -2.07. The molecule has 0 saturated carbocycles. The fourth-order valence-corrected chi connectivity index (χ4v) is 2.14. The number of nitrogens with zero attached hydrogens (tertiary/aromatic N) is 4. The molecule has 3 rings (SSSR count). The Labute approximate surface area is 144 Å². The van der Waals surface area contributed by atoms with Crippen LogP contribution in [0.2, 0.25) is 0 Å². The smallest absolute Gasteiger partial charge is 0.246 e. The zero-order chi connectivity index (χ0) is 17.6. The van der Waals surface area contributed by atoms with Gasteiger partial charge in [0, 0.05) is 5.69 Å². The third kappa shape index (κ3) is 4.61. The Balaban J connectivity index is 1.56. The maximum atomic E-state index is 12.0. The zero-order valence-corrected chi connectivity index (χ0v) is 13.6. The summed E-state index contributed by atoms with van der Waals surface area (Å²) >= 11 is 0. The number of pyridine rings is 1. The van der Waals surface area contributed by atoms with Crippen LogP contribution < -0.4 is 10.6 Å². The summed E-state index contributed by atoms with van der Waals surface area (Å²) in [6.07, 6.45) is 2.40. The molecule has 0 aliphatic heterocycles. The number of hydrogen-bond donors (Lipinski definition) is 3. The molecule has 25 heavy (non-hydrogen) atoms. The minimum absolute atomic E-state index is 0.00371. The van der Waals surface area contributed by atoms with Crippen LogP contribution in [0.3, 0.4) is 0 Å². The van der Waals surface area contributed by atoms with Gasteiger partial charge in [0.15, 0.2) is 0 Å². The number of amides is 1. The molecule has 0 aliphatic carbocycles. The van der Waals surface area contributed by atoms with Crippen molar-refractivity contribution in [1.29, 1.82) is 0 Å². The minimum Gasteiger partial charge on any atom is -0.387 e. The molecule has 0 aliphatic rings. The van der Waals surface area contributed by atoms with Gasteiger partial charge in [0.1, 0.15) is 18.1 Å². The summed E-state index contributed by atoms with van der Waals surface area (Å²) in [6, 6.07) is 13.2. The summed E-state index contributed by atoms with van der Waals surface area (Å²) in [5, 5.41) is 22.9. The topological polar surface area (TPSA) is 105 Å². The lowest BCUT2D eigenvalue weighted by Crippen LogP contribution is -2.19. The Morgan fingerprint density at radius 1 is 1.20 bits per heavy atom. The predicted octanol–water partition coefficient (Wildman–Crippen LogP) is 2.11. The summed E-state index contributed by atoms with van der Waals surface area (Å²) < 4.78 is 1.37. The van der Waals surface area contributed by atoms with Crippen LogP contribution in [-0.4, -0.2) is 31.0 Å². The molecular weight excluding hydrogens is 320 g/mol. The summed E-state index contributed by atoms with van der Waals surface area (Å²) in [5.74, 6) is 0.426. The van der Waals surface area contributed by atoms with E-state index in [1.807, 2.05) is 30.3 Å². The first kappa shape index (κ1) is 16.6. The molecule has 0 bridgehead atoms. The quantitative estimate of drug-likeness (QED) is 0.636. The highest BCUT2D eigenvalue weighted by Gasteiger charge is 2.09. The van der Waals surface area contributed by atoms with E-state index in [2.05, 4.69) is 25.9 Å². The second-order valence-electron chi connectivity index (χ2n) is 5.49. The number of carbonyl (C=O) groups is 1. The number of aromatic nitrogens is 4. The fraction of sp³-hybridized carbons (Fsp3) is 0.176. The molecule has 1 aromatic carbocycles. The van der Waals surface area contributed by atoms with Crippen LogP contribution in [0, 0.1) is 0 Å². The van der Waals surface area contributed by atoms with E-state index in [-0.39, 0.29) is 12.5 Å². The van der Waals surface area contributed by atoms with Gasteiger partial charge in [0.2, 0.25) is 5.91 Å². The number of carbonyl (C=O) groups excluding carboxylic acids is 1. The zero-order valence-electron chi connectivity index (χ0n) is 13.6. The highest BCUT2D eigenvalue weighted by atomic mass is 16.3. The van der Waals surface area contributed by atoms with E-state index in [1.165, 1.54) is 10.9 Å². The van der Waals surface area contributed by atoms with Crippen LogP contribution in [0.1, 0.15) is 18.7 Å². The summed E-state index contributed by atoms with van der Waals surface area (Å²) in [5.41, 5.74) is 1.94. The normalized spacial score (nSPS) is 11.8. The summed E-state index contributed by atoms with van der Waals surface area (Å²) in [7, 11) is 0. The van der Waals surface area contributed by atoms with Gasteiger partial charge in [0.25, 0.3) is 0 Å². The Morgan fingerprint density at radius 3 is 2.64 bits per heavy atom. The maximum absolute atomic E-state index is 12.0. The molecule has 1 amide bonds. The third-order valence-electron chi connectivity index (χ3n) is 3.38. The highest BCUT2D eigenvalue weighted by Crippen LogP contribution is 2.15. The van der Waals surface area contributed by atoms with Crippen LogP contribution in [0.5, 0.6) is 0 Å². The number of aliphatic hydroxyl groups is 1. The van der Waals surface area contributed by atoms with Crippen molar-refractivity contribution in [3.8, 4) is 0 Å². The Kier molecular flexibility index (Phi) is 5.00. The van der Waals surface area contributed by atoms with E-state index in [0.29, 0.717) is 17.2 Å². The number of hydrogen-bond acceptors (Lipinski definition) is 6. The molecule has 128 valence electrons. The molecule has 3 N–H and O–H groups in total. The summed E-state index contributed by atoms with van der Waals surface area (Å²) in [4.78, 5) is 16.3. The molecule has 2 heterocycles. The number of rotatable bonds is 6. The van der Waals surface area contributed by atoms with Crippen molar-refractivity contribution >= 4 is 23.1 Å². The highest BCUT2D eigenvalue weighted by molar-refractivity contribution is 5.90. The molecule has 1 atom stereocenters. The van der Waals surface area contributed by atoms with Crippen molar-refractivity contribution in [3.05, 3.63) is 60.6 Å². The number of nitrogens with one attached hydrogen (secondary N) is 2. The van der Waals surface area contributed by atoms with Gasteiger partial charge in [-0.1, -0.05) is 23.4 Å². The van der Waals surface area contributed by atoms with Crippen molar-refractivity contribution in [3.63, 3.8) is 0 Å². The second-order valence-corrected chi connectivity index (χ2v) is 5.49. The minimum atomic E-state index is -0.717. The van der Waals surface area contributed by atoms with Gasteiger partial charge in [-0.3, -0.25) is 4.79 Å². The van der Waals surface area contributed by atoms with Gasteiger partial charge in [0.05, 0.1) is 24.2 Å². The molecule has 3 aromatic rings. The van der Waals surface area contributed by atoms with Gasteiger partial charge in [-0.2, -0.15) is 0 Å². The maximum Gasteiger partial charge on any atom is 0.246 e. The molecular formula is C17H18N6O2. The van der Waals surface area contributed by atoms with Crippen LogP contribution in [0.4, 0.5) is 17.2 Å². The first-order valence-electron chi connectivity index (χ1n) is 7.76. The van der Waals surface area contributed by atoms with Gasteiger partial charge in [-0.25, -0.2) is 9.67 Å². The van der Waals surface area contributed by atoms with Crippen LogP contribution in [0.25, 0.3) is 0 Å². The fourth-order valence-electron chi connectivity index (χ4n) is 2.14. The molecule has 0 fully saturated rings. The summed E-state index contributed by atoms with van der Waals surface area (Å²) in [6.45, 7) is 1.59. The molecule has 8 heteroatoms. The Morgan fingerprint density at radius 2 is 2.00 bits per heavy atom. The molecule has 8 nitrogen and oxygen atoms in total. The number of aliphatic hydroxyl groups excluding tert-OH is 1. The van der Waals surface area contributed by atoms with Gasteiger partial charge in [-0.05, 0) is 31.2 Å². The van der Waals surface area contributed by atoms with Gasteiger partial charge in [-0.15, -0.1) is 5.10 Å². The van der Waals surface area contributed by atoms with Gasteiger partial charge < -0.3 is 15.7 Å². The van der Waals surface area contributed by atoms with Crippen molar-refractivity contribution in [2.45, 2.75) is 19.6 Å². The van der Waals surface area contributed by atoms with E-state index >= 15 is 0 Å². The second kappa shape index (κ2) is 7.54. The first-order valence-corrected chi connectivity index (χ1v) is 7.76. The van der Waals surface area contributed by atoms with Crippen LogP contribution in [-0.2, 0) is 11.3 Å². The first-order chi connectivity index (χ1) is 12.1. The van der Waals surface area contributed by atoms with Crippen molar-refractivity contribution in [2.24, 2.45) is 0 Å². The molecule has 1 unspecified atom stereocenters. The van der Waals surface area contributed by atoms with E-state index in [0.717, 1.165) is 5.69 Å². The lowest BCUT2D eigenvalue weighted by molar-refractivity contribution is -0.116. The van der Waals surface area contributed by atoms with Crippen LogP contribution in [0.15, 0.2) is 54.9 Å². The average molecular weight is 338 g/mol. The number of benzene rings is 1. The van der Waals surface area contributed by atoms with E-state index in [1.54, 1.807) is 25.3 Å². The standard InChI is InChI=1S/C17H18N6O2/c1-12(24)15-10-23(22-21-15)11-17(25)20-14-7-8-16(18-9-14)19-13-5-3-2-4-6-13/h2-10,12,24H,11H2,1H3,(H,18,19)(H,20,25). The molecule has 0 saturated heterocycles. The largest absolute Gasteiger partial charge is 0.387 e. The van der Waals surface area contributed by atoms with E-state index in [9.17, 15) is 9.90 Å². The van der Waals surface area contributed by atoms with E-state index in [4.69, 9.17) is 0 Å². The SMILES string of the molecule is CC(O)c1cn(CC(=O)Nc2ccc(Nc3ccccc3)nc2)nn1. The van der Waals surface area contributed by atoms with Gasteiger partial charge >= 0.3 is 0 Å². The average Bonchev–Trinajstić information content (AvgIpc) is 3.06. The van der Waals surface area contributed by atoms with Crippen molar-refractivity contribution in [1.82, 2.24) is 20.0 Å². The van der Waals surface area contributed by atoms with Crippen molar-refractivity contribution < 1.29 is 9.90 Å². The van der Waals surface area contributed by atoms with Crippen molar-refractivity contribution in [2.75, 3.05) is 10.6 Å². The number of para-hydroxylation sites is 1. The predicted molar refractivity (Wildman–Crippen MR) is 93.2 cm³/mol. The monoisotopic (exact) mass is 338 g/mol. The van der Waals surface area contributed by atoms with E-state index < -0.39 is 6.10 Å². The lowest BCUT2D eigenvalue weighted by atomic mass is 10.3. The number of anilines is 3. The Hall–Kier alpha value is -3.26.